The molecule has 0 fully saturated rings. The van der Waals surface area contributed by atoms with E-state index in [4.69, 9.17) is 4.74 Å². The second-order valence-corrected chi connectivity index (χ2v) is 6.88. The Morgan fingerprint density at radius 3 is 2.66 bits per heavy atom. The summed E-state index contributed by atoms with van der Waals surface area (Å²) >= 11 is 0. The molecule has 2 heterocycles. The van der Waals surface area contributed by atoms with Gasteiger partial charge < -0.3 is 14.5 Å². The van der Waals surface area contributed by atoms with Crippen molar-refractivity contribution in [2.24, 2.45) is 0 Å². The molecule has 0 unspecified atom stereocenters. The zero-order valence-corrected chi connectivity index (χ0v) is 16.1. The number of aromatic nitrogens is 2. The predicted molar refractivity (Wildman–Crippen MR) is 110 cm³/mol. The number of carbonyl (C=O) groups excluding carboxylic acids is 1. The summed E-state index contributed by atoms with van der Waals surface area (Å²) in [5.74, 6) is -0.0601. The number of benzene rings is 2. The van der Waals surface area contributed by atoms with E-state index >= 15 is 0 Å². The average Bonchev–Trinajstić information content (AvgIpc) is 3.14. The van der Waals surface area contributed by atoms with E-state index in [-0.39, 0.29) is 5.91 Å². The van der Waals surface area contributed by atoms with Crippen LogP contribution in [-0.2, 0) is 6.61 Å². The van der Waals surface area contributed by atoms with Gasteiger partial charge in [0.15, 0.2) is 0 Å². The second kappa shape index (κ2) is 7.75. The van der Waals surface area contributed by atoms with Gasteiger partial charge in [-0.05, 0) is 67.4 Å². The number of anilines is 1. The van der Waals surface area contributed by atoms with Crippen LogP contribution >= 0.6 is 0 Å². The van der Waals surface area contributed by atoms with Crippen LogP contribution in [0.4, 0.5) is 10.1 Å². The molecule has 0 bridgehead atoms. The Morgan fingerprint density at radius 2 is 1.90 bits per heavy atom. The van der Waals surface area contributed by atoms with Crippen LogP contribution in [0.25, 0.3) is 5.65 Å². The van der Waals surface area contributed by atoms with Crippen LogP contribution in [0.5, 0.6) is 5.75 Å². The minimum atomic E-state index is -0.392. The van der Waals surface area contributed by atoms with E-state index < -0.39 is 5.82 Å². The van der Waals surface area contributed by atoms with Crippen LogP contribution in [0.15, 0.2) is 67.0 Å². The van der Waals surface area contributed by atoms with Crippen molar-refractivity contribution in [2.75, 3.05) is 5.32 Å². The van der Waals surface area contributed by atoms with E-state index in [2.05, 4.69) is 10.3 Å². The van der Waals surface area contributed by atoms with E-state index in [0.717, 1.165) is 22.5 Å². The number of amides is 1. The van der Waals surface area contributed by atoms with Gasteiger partial charge in [-0.2, -0.15) is 0 Å². The number of nitrogens with zero attached hydrogens (tertiary/aromatic N) is 2. The monoisotopic (exact) mass is 389 g/mol. The standard InChI is InChI=1S/C23H20FN3O2/c1-15-5-8-18(24)12-21(15)26-23(28)17-6-9-20(10-7-17)29-14-19-13-27-11-3-4-16(2)22(27)25-19/h3-13H,14H2,1-2H3,(H,26,28). The molecule has 4 aromatic rings. The number of ether oxygens (including phenoxy) is 1. The second-order valence-electron chi connectivity index (χ2n) is 6.88. The maximum Gasteiger partial charge on any atom is 0.255 e. The lowest BCUT2D eigenvalue weighted by Gasteiger charge is -2.09. The van der Waals surface area contributed by atoms with E-state index in [1.807, 2.05) is 42.8 Å². The molecule has 0 saturated heterocycles. The normalized spacial score (nSPS) is 10.9. The van der Waals surface area contributed by atoms with Gasteiger partial charge in [0.1, 0.15) is 23.8 Å². The first-order valence-corrected chi connectivity index (χ1v) is 9.23. The third kappa shape index (κ3) is 4.11. The van der Waals surface area contributed by atoms with E-state index in [9.17, 15) is 9.18 Å². The van der Waals surface area contributed by atoms with Crippen molar-refractivity contribution in [1.29, 1.82) is 0 Å². The van der Waals surface area contributed by atoms with Gasteiger partial charge >= 0.3 is 0 Å². The van der Waals surface area contributed by atoms with E-state index in [1.54, 1.807) is 30.3 Å². The molecule has 0 aliphatic carbocycles. The minimum Gasteiger partial charge on any atom is -0.487 e. The molecule has 0 radical (unpaired) electrons. The topological polar surface area (TPSA) is 55.6 Å². The summed E-state index contributed by atoms with van der Waals surface area (Å²) in [5, 5.41) is 2.73. The molecule has 0 aliphatic heterocycles. The predicted octanol–water partition coefficient (Wildman–Crippen LogP) is 4.92. The minimum absolute atomic E-state index is 0.305. The molecule has 1 amide bonds. The lowest BCUT2D eigenvalue weighted by molar-refractivity contribution is 0.102. The highest BCUT2D eigenvalue weighted by Crippen LogP contribution is 2.19. The Hall–Kier alpha value is -3.67. The molecule has 0 spiro atoms. The van der Waals surface area contributed by atoms with Crippen molar-refractivity contribution in [3.63, 3.8) is 0 Å². The first-order chi connectivity index (χ1) is 14.0. The van der Waals surface area contributed by atoms with Gasteiger partial charge in [-0.3, -0.25) is 4.79 Å². The van der Waals surface area contributed by atoms with Gasteiger partial charge in [0.25, 0.3) is 5.91 Å². The zero-order valence-electron chi connectivity index (χ0n) is 16.1. The van der Waals surface area contributed by atoms with Crippen LogP contribution < -0.4 is 10.1 Å². The smallest absolute Gasteiger partial charge is 0.255 e. The van der Waals surface area contributed by atoms with Gasteiger partial charge in [-0.1, -0.05) is 12.1 Å². The molecule has 0 saturated carbocycles. The number of hydrogen-bond acceptors (Lipinski definition) is 3. The number of aryl methyl sites for hydroxylation is 2. The summed E-state index contributed by atoms with van der Waals surface area (Å²) in [7, 11) is 0. The molecule has 29 heavy (non-hydrogen) atoms. The molecule has 146 valence electrons. The van der Waals surface area contributed by atoms with Gasteiger partial charge in [0.2, 0.25) is 0 Å². The Morgan fingerprint density at radius 1 is 1.10 bits per heavy atom. The first kappa shape index (κ1) is 18.7. The lowest BCUT2D eigenvalue weighted by atomic mass is 10.1. The van der Waals surface area contributed by atoms with Crippen LogP contribution in [0, 0.1) is 19.7 Å². The Bertz CT molecular complexity index is 1180. The van der Waals surface area contributed by atoms with Crippen molar-refractivity contribution in [1.82, 2.24) is 9.38 Å². The van der Waals surface area contributed by atoms with Gasteiger partial charge in [-0.25, -0.2) is 9.37 Å². The highest BCUT2D eigenvalue weighted by atomic mass is 19.1. The molecule has 2 aromatic carbocycles. The summed E-state index contributed by atoms with van der Waals surface area (Å²) < 4.78 is 21.2. The zero-order chi connectivity index (χ0) is 20.4. The fraction of sp³-hybridized carbons (Fsp3) is 0.130. The molecule has 0 aliphatic rings. The quantitative estimate of drug-likeness (QED) is 0.527. The number of carbonyl (C=O) groups is 1. The fourth-order valence-electron chi connectivity index (χ4n) is 3.06. The average molecular weight is 389 g/mol. The Labute approximate surface area is 167 Å². The fourth-order valence-corrected chi connectivity index (χ4v) is 3.06. The van der Waals surface area contributed by atoms with Gasteiger partial charge in [0, 0.05) is 23.6 Å². The number of halogens is 1. The number of hydrogen-bond donors (Lipinski definition) is 1. The Kier molecular flexibility index (Phi) is 4.99. The largest absolute Gasteiger partial charge is 0.487 e. The third-order valence-electron chi connectivity index (χ3n) is 4.68. The summed E-state index contributed by atoms with van der Waals surface area (Å²) in [6, 6.07) is 15.1. The number of pyridine rings is 1. The van der Waals surface area contributed by atoms with Crippen molar-refractivity contribution in [2.45, 2.75) is 20.5 Å². The number of rotatable bonds is 5. The van der Waals surface area contributed by atoms with Crippen molar-refractivity contribution in [3.05, 3.63) is 95.2 Å². The van der Waals surface area contributed by atoms with Crippen LogP contribution in [0.3, 0.4) is 0 Å². The molecule has 1 N–H and O–H groups in total. The molecule has 0 atom stereocenters. The highest BCUT2D eigenvalue weighted by Gasteiger charge is 2.10. The van der Waals surface area contributed by atoms with Gasteiger partial charge in [0.05, 0.1) is 5.69 Å². The van der Waals surface area contributed by atoms with E-state index in [1.165, 1.54) is 12.1 Å². The molecule has 2 aromatic heterocycles. The summed E-state index contributed by atoms with van der Waals surface area (Å²) in [4.78, 5) is 17.0. The number of imidazole rings is 1. The van der Waals surface area contributed by atoms with E-state index in [0.29, 0.717) is 23.6 Å². The number of fused-ring (bicyclic) bond motifs is 1. The summed E-state index contributed by atoms with van der Waals surface area (Å²) in [5.41, 5.74) is 4.54. The summed E-state index contributed by atoms with van der Waals surface area (Å²) in [6.45, 7) is 4.16. The maximum atomic E-state index is 13.4. The van der Waals surface area contributed by atoms with Gasteiger partial charge in [-0.15, -0.1) is 0 Å². The third-order valence-corrected chi connectivity index (χ3v) is 4.68. The molecule has 5 nitrogen and oxygen atoms in total. The van der Waals surface area contributed by atoms with Crippen LogP contribution in [0.2, 0.25) is 0 Å². The SMILES string of the molecule is Cc1ccc(F)cc1NC(=O)c1ccc(OCc2cn3cccc(C)c3n2)cc1. The van der Waals surface area contributed by atoms with Crippen molar-refractivity contribution >= 4 is 17.2 Å². The Balaban J connectivity index is 1.41. The lowest BCUT2D eigenvalue weighted by Crippen LogP contribution is -2.12. The highest BCUT2D eigenvalue weighted by molar-refractivity contribution is 6.04. The molecule has 4 rings (SSSR count). The summed E-state index contributed by atoms with van der Waals surface area (Å²) in [6.07, 6.45) is 3.89. The van der Waals surface area contributed by atoms with Crippen molar-refractivity contribution < 1.29 is 13.9 Å². The first-order valence-electron chi connectivity index (χ1n) is 9.23. The van der Waals surface area contributed by atoms with Crippen molar-refractivity contribution in [3.8, 4) is 5.75 Å². The van der Waals surface area contributed by atoms with Crippen LogP contribution in [-0.4, -0.2) is 15.3 Å². The maximum absolute atomic E-state index is 13.4. The number of nitrogens with one attached hydrogen (secondary N) is 1. The molecular formula is C23H20FN3O2. The molecular weight excluding hydrogens is 369 g/mol. The molecule has 6 heteroatoms. The van der Waals surface area contributed by atoms with Crippen LogP contribution in [0.1, 0.15) is 27.2 Å².